The number of carbonyl (C=O) groups excluding carboxylic acids is 3. The maximum Gasteiger partial charge on any atom is 0.407 e. The molecule has 0 aliphatic heterocycles. The van der Waals surface area contributed by atoms with Crippen molar-refractivity contribution in [1.82, 2.24) is 5.32 Å². The van der Waals surface area contributed by atoms with Gasteiger partial charge >= 0.3 is 12.1 Å². The normalized spacial score (nSPS) is 17.7. The monoisotopic (exact) mass is 452 g/mol. The number of carbonyl (C=O) groups is 3. The molecule has 4 N–H and O–H groups in total. The number of amides is 4. The zero-order valence-electron chi connectivity index (χ0n) is 19.5. The Balaban J connectivity index is 1.46. The van der Waals surface area contributed by atoms with Crippen molar-refractivity contribution in [2.24, 2.45) is 5.92 Å². The molecule has 176 valence electrons. The van der Waals surface area contributed by atoms with E-state index in [2.05, 4.69) is 21.3 Å². The van der Waals surface area contributed by atoms with Gasteiger partial charge in [0.15, 0.2) is 0 Å². The summed E-state index contributed by atoms with van der Waals surface area (Å²) in [5.74, 6) is -0.260. The third kappa shape index (κ3) is 7.52. The minimum absolute atomic E-state index is 0.0751. The summed E-state index contributed by atoms with van der Waals surface area (Å²) in [7, 11) is 0. The van der Waals surface area contributed by atoms with Gasteiger partial charge in [0, 0.05) is 29.0 Å². The van der Waals surface area contributed by atoms with Crippen LogP contribution in [0.25, 0.3) is 0 Å². The number of hydrogen-bond acceptors (Lipinski definition) is 4. The molecule has 33 heavy (non-hydrogen) atoms. The van der Waals surface area contributed by atoms with Gasteiger partial charge in [0.2, 0.25) is 5.91 Å². The third-order valence-electron chi connectivity index (χ3n) is 5.33. The molecular weight excluding hydrogens is 420 g/mol. The highest BCUT2D eigenvalue weighted by molar-refractivity contribution is 6.00. The maximum absolute atomic E-state index is 12.6. The van der Waals surface area contributed by atoms with Gasteiger partial charge < -0.3 is 26.0 Å². The largest absolute Gasteiger partial charge is 0.444 e. The lowest BCUT2D eigenvalue weighted by molar-refractivity contribution is -0.119. The molecule has 2 aromatic rings. The number of urea groups is 1. The second kappa shape index (κ2) is 10.4. The van der Waals surface area contributed by atoms with E-state index in [-0.39, 0.29) is 23.9 Å². The van der Waals surface area contributed by atoms with Crippen LogP contribution in [-0.4, -0.2) is 29.7 Å². The third-order valence-corrected chi connectivity index (χ3v) is 5.33. The average molecular weight is 453 g/mol. The summed E-state index contributed by atoms with van der Waals surface area (Å²) in [6, 6.07) is 14.1. The van der Waals surface area contributed by atoms with Gasteiger partial charge in [0.1, 0.15) is 5.60 Å². The van der Waals surface area contributed by atoms with Crippen LogP contribution in [-0.2, 0) is 9.53 Å². The summed E-state index contributed by atoms with van der Waals surface area (Å²) in [6.07, 6.45) is 1.55. The van der Waals surface area contributed by atoms with Gasteiger partial charge in [-0.3, -0.25) is 4.79 Å². The van der Waals surface area contributed by atoms with Crippen molar-refractivity contribution in [3.63, 3.8) is 0 Å². The predicted octanol–water partition coefficient (Wildman–Crippen LogP) is 5.27. The van der Waals surface area contributed by atoms with E-state index in [1.54, 1.807) is 24.3 Å². The van der Waals surface area contributed by atoms with Crippen LogP contribution in [0.15, 0.2) is 48.5 Å². The Hall–Kier alpha value is -3.55. The van der Waals surface area contributed by atoms with Crippen LogP contribution in [0.3, 0.4) is 0 Å². The van der Waals surface area contributed by atoms with Crippen molar-refractivity contribution in [2.45, 2.75) is 58.6 Å². The molecule has 0 unspecified atom stereocenters. The fraction of sp³-hybridized carbons (Fsp3) is 0.400. The number of nitrogens with one attached hydrogen (secondary N) is 4. The first kappa shape index (κ1) is 24.1. The van der Waals surface area contributed by atoms with Crippen molar-refractivity contribution in [2.75, 3.05) is 16.0 Å². The predicted molar refractivity (Wildman–Crippen MR) is 129 cm³/mol. The van der Waals surface area contributed by atoms with E-state index < -0.39 is 11.7 Å². The van der Waals surface area contributed by atoms with Gasteiger partial charge in [-0.2, -0.15) is 0 Å². The molecule has 8 nitrogen and oxygen atoms in total. The molecule has 3 rings (SSSR count). The van der Waals surface area contributed by atoms with Crippen molar-refractivity contribution in [3.05, 3.63) is 54.1 Å². The second-order valence-electron chi connectivity index (χ2n) is 9.31. The quantitative estimate of drug-likeness (QED) is 0.495. The Labute approximate surface area is 194 Å². The van der Waals surface area contributed by atoms with Crippen molar-refractivity contribution < 1.29 is 19.1 Å². The van der Waals surface area contributed by atoms with E-state index in [0.29, 0.717) is 24.2 Å². The van der Waals surface area contributed by atoms with Gasteiger partial charge in [0.05, 0.1) is 0 Å². The molecule has 1 aliphatic carbocycles. The Kier molecular flexibility index (Phi) is 7.58. The van der Waals surface area contributed by atoms with Gasteiger partial charge in [-0.25, -0.2) is 9.59 Å². The Bertz CT molecular complexity index is 998. The molecule has 8 heteroatoms. The molecule has 0 bridgehead atoms. The van der Waals surface area contributed by atoms with Gasteiger partial charge in [0.25, 0.3) is 0 Å². The average Bonchev–Trinajstić information content (AvgIpc) is 3.18. The number of benzene rings is 2. The van der Waals surface area contributed by atoms with Gasteiger partial charge in [-0.05, 0) is 82.9 Å². The number of para-hydroxylation sites is 1. The van der Waals surface area contributed by atoms with Crippen LogP contribution in [0.5, 0.6) is 0 Å². The fourth-order valence-electron chi connectivity index (χ4n) is 3.70. The molecule has 0 spiro atoms. The molecule has 0 radical (unpaired) electrons. The van der Waals surface area contributed by atoms with E-state index >= 15 is 0 Å². The van der Waals surface area contributed by atoms with E-state index in [4.69, 9.17) is 4.74 Å². The van der Waals surface area contributed by atoms with Crippen LogP contribution < -0.4 is 21.3 Å². The first-order chi connectivity index (χ1) is 15.6. The summed E-state index contributed by atoms with van der Waals surface area (Å²) in [5, 5.41) is 11.3. The van der Waals surface area contributed by atoms with Crippen molar-refractivity contribution in [3.8, 4) is 0 Å². The fourth-order valence-corrected chi connectivity index (χ4v) is 3.70. The van der Waals surface area contributed by atoms with Gasteiger partial charge in [-0.1, -0.05) is 18.2 Å². The highest BCUT2D eigenvalue weighted by Gasteiger charge is 2.31. The van der Waals surface area contributed by atoms with E-state index in [0.717, 1.165) is 17.7 Å². The number of rotatable bonds is 5. The molecule has 1 saturated carbocycles. The van der Waals surface area contributed by atoms with Crippen LogP contribution in [0.2, 0.25) is 0 Å². The molecular formula is C25H32N4O4. The van der Waals surface area contributed by atoms with Crippen LogP contribution in [0, 0.1) is 12.8 Å². The molecule has 4 amide bonds. The molecule has 0 aromatic heterocycles. The highest BCUT2D eigenvalue weighted by atomic mass is 16.6. The lowest BCUT2D eigenvalue weighted by Crippen LogP contribution is -2.38. The van der Waals surface area contributed by atoms with Crippen LogP contribution >= 0.6 is 0 Å². The summed E-state index contributed by atoms with van der Waals surface area (Å²) in [5.41, 5.74) is 2.42. The van der Waals surface area contributed by atoms with Crippen molar-refractivity contribution >= 4 is 35.1 Å². The zero-order valence-corrected chi connectivity index (χ0v) is 19.5. The Morgan fingerprint density at radius 3 is 2.15 bits per heavy atom. The van der Waals surface area contributed by atoms with E-state index in [1.807, 2.05) is 52.0 Å². The lowest BCUT2D eigenvalue weighted by Gasteiger charge is -2.21. The first-order valence-corrected chi connectivity index (χ1v) is 11.1. The number of ether oxygens (including phenoxy) is 1. The number of aryl methyl sites for hydroxylation is 1. The second-order valence-corrected chi connectivity index (χ2v) is 9.31. The highest BCUT2D eigenvalue weighted by Crippen LogP contribution is 2.27. The lowest BCUT2D eigenvalue weighted by atomic mass is 10.1. The standard InChI is InChI=1S/C25H32N4O4/c1-16-7-5-6-8-21(16)29-23(31)27-19-13-11-18(12-14-19)26-22(30)17-9-10-20(15-17)28-24(32)33-25(2,3)4/h5-8,11-14,17,20H,9-10,15H2,1-4H3,(H,26,30)(H,28,32)(H2,27,29,31)/t17-,20+/m1/s1. The molecule has 0 saturated heterocycles. The Morgan fingerprint density at radius 2 is 1.52 bits per heavy atom. The minimum Gasteiger partial charge on any atom is -0.444 e. The zero-order chi connectivity index (χ0) is 24.0. The number of hydrogen-bond donors (Lipinski definition) is 4. The van der Waals surface area contributed by atoms with Crippen LogP contribution in [0.1, 0.15) is 45.6 Å². The topological polar surface area (TPSA) is 109 Å². The number of alkyl carbamates (subject to hydrolysis) is 1. The minimum atomic E-state index is -0.554. The molecule has 1 aliphatic rings. The van der Waals surface area contributed by atoms with E-state index in [9.17, 15) is 14.4 Å². The molecule has 0 heterocycles. The van der Waals surface area contributed by atoms with Crippen LogP contribution in [0.4, 0.5) is 26.7 Å². The number of anilines is 3. The SMILES string of the molecule is Cc1ccccc1NC(=O)Nc1ccc(NC(=O)[C@@H]2CC[C@H](NC(=O)OC(C)(C)C)C2)cc1. The summed E-state index contributed by atoms with van der Waals surface area (Å²) >= 11 is 0. The first-order valence-electron chi connectivity index (χ1n) is 11.1. The summed E-state index contributed by atoms with van der Waals surface area (Å²) in [6.45, 7) is 7.37. The maximum atomic E-state index is 12.6. The summed E-state index contributed by atoms with van der Waals surface area (Å²) in [4.78, 5) is 36.8. The smallest absolute Gasteiger partial charge is 0.407 e. The van der Waals surface area contributed by atoms with E-state index in [1.165, 1.54) is 0 Å². The summed E-state index contributed by atoms with van der Waals surface area (Å²) < 4.78 is 5.28. The molecule has 1 fully saturated rings. The van der Waals surface area contributed by atoms with Crippen molar-refractivity contribution in [1.29, 1.82) is 0 Å². The van der Waals surface area contributed by atoms with Gasteiger partial charge in [-0.15, -0.1) is 0 Å². The Morgan fingerprint density at radius 1 is 0.879 bits per heavy atom. The molecule has 2 aromatic carbocycles. The molecule has 2 atom stereocenters.